The SMILES string of the molecule is Cc1nc(CC23CC4CC(C)(CC(C)(C4)C2)C3)n[nH]1. The number of aromatic nitrogens is 3. The van der Waals surface area contributed by atoms with E-state index in [1.807, 2.05) is 6.92 Å². The van der Waals surface area contributed by atoms with Gasteiger partial charge in [-0.2, -0.15) is 5.10 Å². The van der Waals surface area contributed by atoms with E-state index in [1.165, 1.54) is 38.5 Å². The van der Waals surface area contributed by atoms with Gasteiger partial charge in [-0.05, 0) is 67.6 Å². The summed E-state index contributed by atoms with van der Waals surface area (Å²) in [5.41, 5.74) is 1.69. The smallest absolute Gasteiger partial charge is 0.151 e. The zero-order valence-electron chi connectivity index (χ0n) is 12.4. The Labute approximate surface area is 115 Å². The van der Waals surface area contributed by atoms with E-state index < -0.39 is 0 Å². The number of H-pyrrole nitrogens is 1. The molecule has 1 heterocycles. The molecule has 0 saturated heterocycles. The first-order valence-corrected chi connectivity index (χ1v) is 7.76. The van der Waals surface area contributed by atoms with Gasteiger partial charge in [0.05, 0.1) is 0 Å². The van der Waals surface area contributed by atoms with Crippen LogP contribution >= 0.6 is 0 Å². The molecular formula is C16H25N3. The summed E-state index contributed by atoms with van der Waals surface area (Å²) in [5.74, 6) is 2.97. The third-order valence-electron chi connectivity index (χ3n) is 5.92. The maximum atomic E-state index is 4.57. The van der Waals surface area contributed by atoms with Crippen molar-refractivity contribution in [3.63, 3.8) is 0 Å². The summed E-state index contributed by atoms with van der Waals surface area (Å²) in [7, 11) is 0. The largest absolute Gasteiger partial charge is 0.263 e. The summed E-state index contributed by atoms with van der Waals surface area (Å²) in [6.07, 6.45) is 9.71. The zero-order valence-corrected chi connectivity index (χ0v) is 12.4. The van der Waals surface area contributed by atoms with Crippen molar-refractivity contribution >= 4 is 0 Å². The minimum absolute atomic E-state index is 0.498. The van der Waals surface area contributed by atoms with E-state index in [9.17, 15) is 0 Å². The van der Waals surface area contributed by atoms with Crippen molar-refractivity contribution in [2.45, 2.75) is 65.7 Å². The van der Waals surface area contributed by atoms with E-state index in [0.717, 1.165) is 24.0 Å². The molecule has 4 fully saturated rings. The third kappa shape index (κ3) is 1.85. The molecule has 104 valence electrons. The number of nitrogens with zero attached hydrogens (tertiary/aromatic N) is 2. The Morgan fingerprint density at radius 2 is 1.79 bits per heavy atom. The lowest BCUT2D eigenvalue weighted by Crippen LogP contribution is -2.55. The van der Waals surface area contributed by atoms with Crippen molar-refractivity contribution in [3.8, 4) is 0 Å². The standard InChI is InChI=1S/C16H25N3/c1-11-17-13(19-18-11)7-16-6-12-4-14(2,9-16)8-15(3,5-12)10-16/h12H,4-10H2,1-3H3,(H,17,18,19). The van der Waals surface area contributed by atoms with Crippen LogP contribution in [-0.2, 0) is 6.42 Å². The number of aromatic amines is 1. The first-order chi connectivity index (χ1) is 8.88. The first kappa shape index (κ1) is 11.9. The predicted molar refractivity (Wildman–Crippen MR) is 74.7 cm³/mol. The number of hydrogen-bond donors (Lipinski definition) is 1. The molecule has 2 unspecified atom stereocenters. The molecule has 4 aliphatic rings. The molecule has 0 aliphatic heterocycles. The van der Waals surface area contributed by atoms with Gasteiger partial charge in [0.25, 0.3) is 0 Å². The average Bonchev–Trinajstić information content (AvgIpc) is 2.56. The molecule has 0 amide bonds. The van der Waals surface area contributed by atoms with Crippen LogP contribution < -0.4 is 0 Å². The maximum Gasteiger partial charge on any atom is 0.151 e. The summed E-state index contributed by atoms with van der Waals surface area (Å²) >= 11 is 0. The van der Waals surface area contributed by atoms with Crippen LogP contribution in [0.25, 0.3) is 0 Å². The molecule has 19 heavy (non-hydrogen) atoms. The Balaban J connectivity index is 1.67. The number of aryl methyl sites for hydroxylation is 1. The Bertz CT molecular complexity index is 500. The van der Waals surface area contributed by atoms with E-state index in [-0.39, 0.29) is 0 Å². The van der Waals surface area contributed by atoms with E-state index in [2.05, 4.69) is 29.0 Å². The van der Waals surface area contributed by atoms with E-state index >= 15 is 0 Å². The summed E-state index contributed by atoms with van der Waals surface area (Å²) < 4.78 is 0. The Morgan fingerprint density at radius 1 is 1.11 bits per heavy atom. The molecule has 0 aromatic carbocycles. The first-order valence-electron chi connectivity index (χ1n) is 7.76. The lowest BCUT2D eigenvalue weighted by Gasteiger charge is -2.65. The van der Waals surface area contributed by atoms with Gasteiger partial charge in [0.2, 0.25) is 0 Å². The molecule has 4 bridgehead atoms. The lowest BCUT2D eigenvalue weighted by molar-refractivity contribution is -0.144. The van der Waals surface area contributed by atoms with Crippen molar-refractivity contribution in [3.05, 3.63) is 11.6 Å². The highest BCUT2D eigenvalue weighted by molar-refractivity contribution is 5.12. The molecule has 0 radical (unpaired) electrons. The minimum atomic E-state index is 0.498. The fraction of sp³-hybridized carbons (Fsp3) is 0.875. The number of nitrogens with one attached hydrogen (secondary N) is 1. The molecule has 2 atom stereocenters. The van der Waals surface area contributed by atoms with E-state index in [4.69, 9.17) is 0 Å². The van der Waals surface area contributed by atoms with Crippen molar-refractivity contribution < 1.29 is 0 Å². The Morgan fingerprint density at radius 3 is 2.32 bits per heavy atom. The highest BCUT2D eigenvalue weighted by Crippen LogP contribution is 2.70. The highest BCUT2D eigenvalue weighted by Gasteiger charge is 2.60. The van der Waals surface area contributed by atoms with E-state index in [0.29, 0.717) is 16.2 Å². The van der Waals surface area contributed by atoms with Gasteiger partial charge in [-0.3, -0.25) is 5.10 Å². The monoisotopic (exact) mass is 259 g/mol. The van der Waals surface area contributed by atoms with Crippen LogP contribution in [0.15, 0.2) is 0 Å². The quantitative estimate of drug-likeness (QED) is 0.880. The average molecular weight is 259 g/mol. The summed E-state index contributed by atoms with van der Waals surface area (Å²) in [4.78, 5) is 4.57. The molecule has 5 rings (SSSR count). The van der Waals surface area contributed by atoms with Gasteiger partial charge >= 0.3 is 0 Å². The number of hydrogen-bond acceptors (Lipinski definition) is 2. The number of rotatable bonds is 2. The van der Waals surface area contributed by atoms with Crippen molar-refractivity contribution in [1.82, 2.24) is 15.2 Å². The van der Waals surface area contributed by atoms with Crippen molar-refractivity contribution in [1.29, 1.82) is 0 Å². The zero-order chi connectivity index (χ0) is 13.3. The van der Waals surface area contributed by atoms with Crippen LogP contribution in [0.5, 0.6) is 0 Å². The second-order valence-electron chi connectivity index (χ2n) is 8.64. The molecule has 3 nitrogen and oxygen atoms in total. The van der Waals surface area contributed by atoms with Gasteiger partial charge < -0.3 is 0 Å². The molecular weight excluding hydrogens is 234 g/mol. The summed E-state index contributed by atoms with van der Waals surface area (Å²) in [6.45, 7) is 7.07. The fourth-order valence-corrected chi connectivity index (χ4v) is 6.68. The Hall–Kier alpha value is -0.860. The topological polar surface area (TPSA) is 41.6 Å². The fourth-order valence-electron chi connectivity index (χ4n) is 6.68. The molecule has 4 aliphatic carbocycles. The molecule has 4 saturated carbocycles. The molecule has 1 aromatic rings. The normalized spacial score (nSPS) is 47.8. The molecule has 3 heteroatoms. The lowest BCUT2D eigenvalue weighted by atomic mass is 9.40. The van der Waals surface area contributed by atoms with Gasteiger partial charge in [0.15, 0.2) is 5.82 Å². The minimum Gasteiger partial charge on any atom is -0.263 e. The molecule has 1 N–H and O–H groups in total. The summed E-state index contributed by atoms with van der Waals surface area (Å²) in [5, 5.41) is 7.41. The molecule has 0 spiro atoms. The third-order valence-corrected chi connectivity index (χ3v) is 5.92. The maximum absolute atomic E-state index is 4.57. The van der Waals surface area contributed by atoms with Crippen molar-refractivity contribution in [2.75, 3.05) is 0 Å². The van der Waals surface area contributed by atoms with Gasteiger partial charge in [-0.25, -0.2) is 4.98 Å². The highest BCUT2D eigenvalue weighted by atomic mass is 15.2. The second-order valence-corrected chi connectivity index (χ2v) is 8.64. The van der Waals surface area contributed by atoms with Crippen LogP contribution in [-0.4, -0.2) is 15.2 Å². The summed E-state index contributed by atoms with van der Waals surface area (Å²) in [6, 6.07) is 0. The van der Waals surface area contributed by atoms with Gasteiger partial charge in [0, 0.05) is 6.42 Å². The Kier molecular flexibility index (Phi) is 2.15. The van der Waals surface area contributed by atoms with Gasteiger partial charge in [-0.1, -0.05) is 13.8 Å². The van der Waals surface area contributed by atoms with Crippen LogP contribution in [0.2, 0.25) is 0 Å². The molecule has 1 aromatic heterocycles. The van der Waals surface area contributed by atoms with Gasteiger partial charge in [0.1, 0.15) is 5.82 Å². The van der Waals surface area contributed by atoms with Crippen LogP contribution in [0.4, 0.5) is 0 Å². The second kappa shape index (κ2) is 3.42. The van der Waals surface area contributed by atoms with E-state index in [1.54, 1.807) is 0 Å². The predicted octanol–water partition coefficient (Wildman–Crippen LogP) is 3.65. The van der Waals surface area contributed by atoms with Crippen LogP contribution in [0.1, 0.15) is 64.0 Å². The van der Waals surface area contributed by atoms with Crippen molar-refractivity contribution in [2.24, 2.45) is 22.2 Å². The van der Waals surface area contributed by atoms with Crippen LogP contribution in [0.3, 0.4) is 0 Å². The van der Waals surface area contributed by atoms with Gasteiger partial charge in [-0.15, -0.1) is 0 Å². The van der Waals surface area contributed by atoms with Crippen LogP contribution in [0, 0.1) is 29.1 Å².